The highest BCUT2D eigenvalue weighted by atomic mass is 79.9. The SMILES string of the molecule is COc1cc(Br)c(S(=O)(=O)Nc2ccccc2OC(F)(F)F)cc1OC. The summed E-state index contributed by atoms with van der Waals surface area (Å²) in [5.74, 6) is -0.268. The van der Waals surface area contributed by atoms with Gasteiger partial charge in [0.2, 0.25) is 0 Å². The molecule has 0 aliphatic heterocycles. The van der Waals surface area contributed by atoms with Crippen LogP contribution in [0.5, 0.6) is 17.2 Å². The van der Waals surface area contributed by atoms with Gasteiger partial charge in [-0.15, -0.1) is 13.2 Å². The predicted molar refractivity (Wildman–Crippen MR) is 91.2 cm³/mol. The Morgan fingerprint density at radius 1 is 1.00 bits per heavy atom. The minimum atomic E-state index is -4.97. The highest BCUT2D eigenvalue weighted by Gasteiger charge is 2.33. The largest absolute Gasteiger partial charge is 0.573 e. The van der Waals surface area contributed by atoms with Crippen LogP contribution in [0, 0.1) is 0 Å². The second-order valence-corrected chi connectivity index (χ2v) is 7.29. The smallest absolute Gasteiger partial charge is 0.493 e. The summed E-state index contributed by atoms with van der Waals surface area (Å²) in [5, 5.41) is 0. The molecule has 2 aromatic carbocycles. The summed E-state index contributed by atoms with van der Waals surface area (Å²) in [5.41, 5.74) is -0.369. The minimum absolute atomic E-state index is 0.135. The molecule has 142 valence electrons. The van der Waals surface area contributed by atoms with Gasteiger partial charge in [0.1, 0.15) is 4.90 Å². The summed E-state index contributed by atoms with van der Waals surface area (Å²) >= 11 is 3.10. The van der Waals surface area contributed by atoms with Gasteiger partial charge >= 0.3 is 6.36 Å². The van der Waals surface area contributed by atoms with Crippen molar-refractivity contribution in [1.82, 2.24) is 0 Å². The van der Waals surface area contributed by atoms with E-state index in [-0.39, 0.29) is 26.6 Å². The van der Waals surface area contributed by atoms with E-state index in [0.29, 0.717) is 0 Å². The van der Waals surface area contributed by atoms with E-state index < -0.39 is 22.1 Å². The van der Waals surface area contributed by atoms with Crippen LogP contribution in [0.25, 0.3) is 0 Å². The molecule has 0 aliphatic rings. The Morgan fingerprint density at radius 3 is 2.15 bits per heavy atom. The van der Waals surface area contributed by atoms with Crippen molar-refractivity contribution in [2.24, 2.45) is 0 Å². The van der Waals surface area contributed by atoms with E-state index in [4.69, 9.17) is 9.47 Å². The fourth-order valence-corrected chi connectivity index (χ4v) is 4.11. The third-order valence-electron chi connectivity index (χ3n) is 3.08. The van der Waals surface area contributed by atoms with Crippen LogP contribution in [0.2, 0.25) is 0 Å². The molecular formula is C15H13BrF3NO5S. The Bertz CT molecular complexity index is 903. The van der Waals surface area contributed by atoms with Crippen LogP contribution in [-0.4, -0.2) is 29.0 Å². The van der Waals surface area contributed by atoms with Gasteiger partial charge in [0.15, 0.2) is 17.2 Å². The van der Waals surface area contributed by atoms with Crippen LogP contribution >= 0.6 is 15.9 Å². The molecule has 0 atom stereocenters. The number of anilines is 1. The van der Waals surface area contributed by atoms with Crippen LogP contribution in [-0.2, 0) is 10.0 Å². The maximum absolute atomic E-state index is 12.6. The number of nitrogens with one attached hydrogen (secondary N) is 1. The molecular weight excluding hydrogens is 443 g/mol. The van der Waals surface area contributed by atoms with Crippen LogP contribution < -0.4 is 18.9 Å². The number of halogens is 4. The summed E-state index contributed by atoms with van der Waals surface area (Å²) in [6.45, 7) is 0. The molecule has 26 heavy (non-hydrogen) atoms. The number of para-hydroxylation sites is 2. The molecule has 0 heterocycles. The van der Waals surface area contributed by atoms with E-state index in [0.717, 1.165) is 12.1 Å². The maximum Gasteiger partial charge on any atom is 0.573 e. The summed E-state index contributed by atoms with van der Waals surface area (Å²) in [7, 11) is -1.56. The maximum atomic E-state index is 12.6. The van der Waals surface area contributed by atoms with Crippen molar-refractivity contribution >= 4 is 31.6 Å². The Balaban J connectivity index is 2.45. The lowest BCUT2D eigenvalue weighted by molar-refractivity contribution is -0.274. The van der Waals surface area contributed by atoms with Crippen molar-refractivity contribution in [3.63, 3.8) is 0 Å². The van der Waals surface area contributed by atoms with Gasteiger partial charge in [-0.3, -0.25) is 4.72 Å². The fourth-order valence-electron chi connectivity index (χ4n) is 2.01. The molecule has 0 aromatic heterocycles. The van der Waals surface area contributed by atoms with E-state index in [1.165, 1.54) is 38.5 Å². The van der Waals surface area contributed by atoms with Gasteiger partial charge < -0.3 is 14.2 Å². The summed E-state index contributed by atoms with van der Waals surface area (Å²) < 4.78 is 78.9. The molecule has 0 aliphatic carbocycles. The first kappa shape index (κ1) is 20.2. The number of rotatable bonds is 6. The van der Waals surface area contributed by atoms with E-state index in [1.54, 1.807) is 0 Å². The summed E-state index contributed by atoms with van der Waals surface area (Å²) in [4.78, 5) is -0.253. The molecule has 0 unspecified atom stereocenters. The van der Waals surface area contributed by atoms with Crippen LogP contribution in [0.15, 0.2) is 45.8 Å². The number of hydrogen-bond donors (Lipinski definition) is 1. The van der Waals surface area contributed by atoms with Crippen molar-refractivity contribution in [2.75, 3.05) is 18.9 Å². The molecule has 0 saturated carbocycles. The van der Waals surface area contributed by atoms with Crippen LogP contribution in [0.4, 0.5) is 18.9 Å². The zero-order valence-electron chi connectivity index (χ0n) is 13.4. The Labute approximate surface area is 156 Å². The van der Waals surface area contributed by atoms with Gasteiger partial charge in [-0.25, -0.2) is 8.42 Å². The molecule has 2 rings (SSSR count). The Kier molecular flexibility index (Phi) is 5.91. The third kappa shape index (κ3) is 4.73. The molecule has 6 nitrogen and oxygen atoms in total. The number of sulfonamides is 1. The highest BCUT2D eigenvalue weighted by Crippen LogP contribution is 2.37. The molecule has 0 bridgehead atoms. The van der Waals surface area contributed by atoms with Crippen LogP contribution in [0.3, 0.4) is 0 Å². The first-order valence-corrected chi connectivity index (χ1v) is 9.14. The number of methoxy groups -OCH3 is 2. The first-order chi connectivity index (χ1) is 12.1. The average molecular weight is 456 g/mol. The van der Waals surface area contributed by atoms with Crippen molar-refractivity contribution in [3.05, 3.63) is 40.9 Å². The standard InChI is InChI=1S/C15H13BrF3NO5S/c1-23-12-7-9(16)14(8-13(12)24-2)26(21,22)20-10-5-3-4-6-11(10)25-15(17,18)19/h3-8,20H,1-2H3. The molecule has 0 saturated heterocycles. The summed E-state index contributed by atoms with van der Waals surface area (Å²) in [6.07, 6.45) is -4.97. The van der Waals surface area contributed by atoms with Gasteiger partial charge in [-0.05, 0) is 34.1 Å². The second-order valence-electron chi connectivity index (χ2n) is 4.79. The molecule has 1 N–H and O–H groups in total. The van der Waals surface area contributed by atoms with Crippen molar-refractivity contribution in [1.29, 1.82) is 0 Å². The van der Waals surface area contributed by atoms with Gasteiger partial charge in [-0.1, -0.05) is 12.1 Å². The Hall–Kier alpha value is -2.14. The monoisotopic (exact) mass is 455 g/mol. The van der Waals surface area contributed by atoms with Gasteiger partial charge in [0.05, 0.1) is 19.9 Å². The van der Waals surface area contributed by atoms with Gasteiger partial charge in [0.25, 0.3) is 10.0 Å². The molecule has 11 heteroatoms. The van der Waals surface area contributed by atoms with E-state index in [1.807, 2.05) is 0 Å². The molecule has 0 spiro atoms. The normalized spacial score (nSPS) is 11.8. The van der Waals surface area contributed by atoms with Crippen molar-refractivity contribution in [2.45, 2.75) is 11.3 Å². The average Bonchev–Trinajstić information content (AvgIpc) is 2.54. The zero-order valence-corrected chi connectivity index (χ0v) is 15.8. The molecule has 0 radical (unpaired) electrons. The second kappa shape index (κ2) is 7.62. The first-order valence-electron chi connectivity index (χ1n) is 6.86. The quantitative estimate of drug-likeness (QED) is 0.707. The zero-order chi connectivity index (χ0) is 19.5. The topological polar surface area (TPSA) is 73.9 Å². The number of hydrogen-bond acceptors (Lipinski definition) is 5. The lowest BCUT2D eigenvalue weighted by Gasteiger charge is -2.16. The fraction of sp³-hybridized carbons (Fsp3) is 0.200. The lowest BCUT2D eigenvalue weighted by atomic mass is 10.3. The predicted octanol–water partition coefficient (Wildman–Crippen LogP) is 4.17. The van der Waals surface area contributed by atoms with Gasteiger partial charge in [-0.2, -0.15) is 0 Å². The number of ether oxygens (including phenoxy) is 3. The molecule has 2 aromatic rings. The van der Waals surface area contributed by atoms with Crippen molar-refractivity contribution < 1.29 is 35.8 Å². The summed E-state index contributed by atoms with van der Waals surface area (Å²) in [6, 6.07) is 7.34. The molecule has 0 fully saturated rings. The molecule has 0 amide bonds. The minimum Gasteiger partial charge on any atom is -0.493 e. The van der Waals surface area contributed by atoms with E-state index in [2.05, 4.69) is 25.4 Å². The third-order valence-corrected chi connectivity index (χ3v) is 5.41. The number of benzene rings is 2. The van der Waals surface area contributed by atoms with E-state index in [9.17, 15) is 21.6 Å². The lowest BCUT2D eigenvalue weighted by Crippen LogP contribution is -2.20. The van der Waals surface area contributed by atoms with Crippen LogP contribution in [0.1, 0.15) is 0 Å². The van der Waals surface area contributed by atoms with Gasteiger partial charge in [0, 0.05) is 10.5 Å². The number of alkyl halides is 3. The Morgan fingerprint density at radius 2 is 1.58 bits per heavy atom. The van der Waals surface area contributed by atoms with Crippen molar-refractivity contribution in [3.8, 4) is 17.2 Å². The highest BCUT2D eigenvalue weighted by molar-refractivity contribution is 9.10. The van der Waals surface area contributed by atoms with E-state index >= 15 is 0 Å².